The van der Waals surface area contributed by atoms with Crippen molar-refractivity contribution in [2.75, 3.05) is 18.2 Å². The summed E-state index contributed by atoms with van der Waals surface area (Å²) in [7, 11) is 1.52. The van der Waals surface area contributed by atoms with Crippen molar-refractivity contribution in [3.05, 3.63) is 46.1 Å². The summed E-state index contributed by atoms with van der Waals surface area (Å²) in [6.45, 7) is 0. The first-order valence-electron chi connectivity index (χ1n) is 5.57. The molecule has 1 amide bonds. The van der Waals surface area contributed by atoms with Crippen LogP contribution < -0.4 is 15.8 Å². The minimum Gasteiger partial charge on any atom is -0.495 e. The highest BCUT2D eigenvalue weighted by molar-refractivity contribution is 6.33. The maximum atomic E-state index is 12.0. The first kappa shape index (κ1) is 14.4. The number of rotatable bonds is 3. The first-order chi connectivity index (χ1) is 9.51. The van der Waals surface area contributed by atoms with Crippen LogP contribution >= 0.6 is 23.2 Å². The van der Waals surface area contributed by atoms with E-state index in [1.807, 2.05) is 0 Å². The normalized spacial score (nSPS) is 10.2. The monoisotopic (exact) mass is 311 g/mol. The van der Waals surface area contributed by atoms with E-state index in [9.17, 15) is 4.79 Å². The Balaban J connectivity index is 2.19. The van der Waals surface area contributed by atoms with Crippen molar-refractivity contribution in [2.24, 2.45) is 0 Å². The lowest BCUT2D eigenvalue weighted by atomic mass is 10.2. The van der Waals surface area contributed by atoms with E-state index in [1.54, 1.807) is 18.2 Å². The van der Waals surface area contributed by atoms with Gasteiger partial charge in [0.25, 0.3) is 5.91 Å². The minimum atomic E-state index is -0.361. The van der Waals surface area contributed by atoms with E-state index in [0.717, 1.165) is 0 Å². The SMILES string of the molecule is COc1ccc(NC(=O)c2cnc(N)c(Cl)c2)cc1Cl. The van der Waals surface area contributed by atoms with Gasteiger partial charge < -0.3 is 15.8 Å². The van der Waals surface area contributed by atoms with E-state index in [4.69, 9.17) is 33.7 Å². The number of methoxy groups -OCH3 is 1. The number of hydrogen-bond donors (Lipinski definition) is 2. The fraction of sp³-hybridized carbons (Fsp3) is 0.0769. The van der Waals surface area contributed by atoms with Crippen molar-refractivity contribution in [2.45, 2.75) is 0 Å². The number of carbonyl (C=O) groups excluding carboxylic acids is 1. The maximum Gasteiger partial charge on any atom is 0.257 e. The first-order valence-corrected chi connectivity index (χ1v) is 6.32. The van der Waals surface area contributed by atoms with Crippen LogP contribution in [-0.2, 0) is 0 Å². The van der Waals surface area contributed by atoms with Gasteiger partial charge in [-0.2, -0.15) is 0 Å². The number of carbonyl (C=O) groups is 1. The fourth-order valence-corrected chi connectivity index (χ4v) is 1.94. The third kappa shape index (κ3) is 3.12. The van der Waals surface area contributed by atoms with E-state index in [-0.39, 0.29) is 16.7 Å². The van der Waals surface area contributed by atoms with Gasteiger partial charge in [-0.15, -0.1) is 0 Å². The van der Waals surface area contributed by atoms with E-state index in [1.165, 1.54) is 19.4 Å². The molecule has 0 atom stereocenters. The predicted octanol–water partition coefficient (Wildman–Crippen LogP) is 3.23. The molecule has 1 aromatic carbocycles. The van der Waals surface area contributed by atoms with Crippen molar-refractivity contribution < 1.29 is 9.53 Å². The third-order valence-corrected chi connectivity index (χ3v) is 3.14. The van der Waals surface area contributed by atoms with Crippen molar-refractivity contribution in [1.82, 2.24) is 4.98 Å². The average molecular weight is 312 g/mol. The molecule has 5 nitrogen and oxygen atoms in total. The second kappa shape index (κ2) is 5.98. The molecule has 1 aromatic heterocycles. The molecule has 0 fully saturated rings. The molecule has 0 radical (unpaired) electrons. The fourth-order valence-electron chi connectivity index (χ4n) is 1.52. The van der Waals surface area contributed by atoms with E-state index in [0.29, 0.717) is 22.0 Å². The molecule has 0 unspecified atom stereocenters. The van der Waals surface area contributed by atoms with Gasteiger partial charge in [0.2, 0.25) is 0 Å². The lowest BCUT2D eigenvalue weighted by molar-refractivity contribution is 0.102. The number of anilines is 2. The van der Waals surface area contributed by atoms with Gasteiger partial charge >= 0.3 is 0 Å². The highest BCUT2D eigenvalue weighted by atomic mass is 35.5. The summed E-state index contributed by atoms with van der Waals surface area (Å²) in [5.74, 6) is 0.346. The Morgan fingerprint density at radius 1 is 1.30 bits per heavy atom. The van der Waals surface area contributed by atoms with Crippen LogP contribution in [-0.4, -0.2) is 18.0 Å². The van der Waals surface area contributed by atoms with Crippen molar-refractivity contribution in [3.8, 4) is 5.75 Å². The van der Waals surface area contributed by atoms with Crippen molar-refractivity contribution >= 4 is 40.6 Å². The van der Waals surface area contributed by atoms with Gasteiger partial charge in [0.1, 0.15) is 11.6 Å². The molecule has 7 heteroatoms. The maximum absolute atomic E-state index is 12.0. The molecule has 3 N–H and O–H groups in total. The third-order valence-electron chi connectivity index (χ3n) is 2.54. The summed E-state index contributed by atoms with van der Waals surface area (Å²) >= 11 is 11.8. The number of amides is 1. The zero-order chi connectivity index (χ0) is 14.7. The number of hydrogen-bond acceptors (Lipinski definition) is 4. The predicted molar refractivity (Wildman–Crippen MR) is 79.6 cm³/mol. The molecule has 0 spiro atoms. The highest BCUT2D eigenvalue weighted by Gasteiger charge is 2.10. The van der Waals surface area contributed by atoms with Crippen molar-refractivity contribution in [3.63, 3.8) is 0 Å². The molecular weight excluding hydrogens is 301 g/mol. The highest BCUT2D eigenvalue weighted by Crippen LogP contribution is 2.27. The van der Waals surface area contributed by atoms with Gasteiger partial charge in [-0.25, -0.2) is 4.98 Å². The number of nitrogens with one attached hydrogen (secondary N) is 1. The Morgan fingerprint density at radius 2 is 2.05 bits per heavy atom. The summed E-state index contributed by atoms with van der Waals surface area (Å²) in [4.78, 5) is 15.8. The number of nitrogens with two attached hydrogens (primary N) is 1. The molecule has 20 heavy (non-hydrogen) atoms. The van der Waals surface area contributed by atoms with Crippen LogP contribution in [0.15, 0.2) is 30.5 Å². The summed E-state index contributed by atoms with van der Waals surface area (Å²) in [5.41, 5.74) is 6.33. The largest absolute Gasteiger partial charge is 0.495 e. The van der Waals surface area contributed by atoms with Gasteiger partial charge in [0.05, 0.1) is 22.7 Å². The van der Waals surface area contributed by atoms with Crippen LogP contribution in [0.2, 0.25) is 10.0 Å². The smallest absolute Gasteiger partial charge is 0.257 e. The van der Waals surface area contributed by atoms with E-state index >= 15 is 0 Å². The molecular formula is C13H11Cl2N3O2. The molecule has 2 aromatic rings. The van der Waals surface area contributed by atoms with Crippen LogP contribution in [0.4, 0.5) is 11.5 Å². The van der Waals surface area contributed by atoms with Crippen molar-refractivity contribution in [1.29, 1.82) is 0 Å². The number of nitrogen functional groups attached to an aromatic ring is 1. The number of benzene rings is 1. The molecule has 2 rings (SSSR count). The van der Waals surface area contributed by atoms with E-state index in [2.05, 4.69) is 10.3 Å². The summed E-state index contributed by atoms with van der Waals surface area (Å²) in [5, 5.41) is 3.31. The number of nitrogens with zero attached hydrogens (tertiary/aromatic N) is 1. The Kier molecular flexibility index (Phi) is 4.32. The lowest BCUT2D eigenvalue weighted by Crippen LogP contribution is -2.12. The summed E-state index contributed by atoms with van der Waals surface area (Å²) < 4.78 is 5.03. The summed E-state index contributed by atoms with van der Waals surface area (Å²) in [6.07, 6.45) is 1.35. The minimum absolute atomic E-state index is 0.177. The molecule has 0 aliphatic rings. The van der Waals surface area contributed by atoms with Gasteiger partial charge in [0, 0.05) is 11.9 Å². The van der Waals surface area contributed by atoms with Gasteiger partial charge in [-0.3, -0.25) is 4.79 Å². The summed E-state index contributed by atoms with van der Waals surface area (Å²) in [6, 6.07) is 6.37. The second-order valence-electron chi connectivity index (χ2n) is 3.89. The molecule has 0 bridgehead atoms. The van der Waals surface area contributed by atoms with Gasteiger partial charge in [-0.05, 0) is 24.3 Å². The molecule has 0 aliphatic heterocycles. The second-order valence-corrected chi connectivity index (χ2v) is 4.71. The van der Waals surface area contributed by atoms with Crippen LogP contribution in [0.5, 0.6) is 5.75 Å². The topological polar surface area (TPSA) is 77.2 Å². The molecule has 0 saturated carbocycles. The number of halogens is 2. The number of ether oxygens (including phenoxy) is 1. The van der Waals surface area contributed by atoms with Crippen LogP contribution in [0.25, 0.3) is 0 Å². The van der Waals surface area contributed by atoms with Crippen LogP contribution in [0, 0.1) is 0 Å². The Labute approximate surface area is 125 Å². The zero-order valence-electron chi connectivity index (χ0n) is 10.5. The van der Waals surface area contributed by atoms with Crippen LogP contribution in [0.1, 0.15) is 10.4 Å². The standard InChI is InChI=1S/C13H11Cl2N3O2/c1-20-11-3-2-8(5-9(11)14)18-13(19)7-4-10(15)12(16)17-6-7/h2-6H,1H3,(H2,16,17)(H,18,19). The Morgan fingerprint density at radius 3 is 2.65 bits per heavy atom. The molecule has 0 saturated heterocycles. The zero-order valence-corrected chi connectivity index (χ0v) is 12.0. The molecule has 104 valence electrons. The lowest BCUT2D eigenvalue weighted by Gasteiger charge is -2.08. The number of pyridine rings is 1. The van der Waals surface area contributed by atoms with E-state index < -0.39 is 0 Å². The number of aromatic nitrogens is 1. The Bertz CT molecular complexity index is 662. The van der Waals surface area contributed by atoms with Crippen LogP contribution in [0.3, 0.4) is 0 Å². The molecule has 0 aliphatic carbocycles. The Hall–Kier alpha value is -1.98. The average Bonchev–Trinajstić information content (AvgIpc) is 2.42. The quantitative estimate of drug-likeness (QED) is 0.912. The van der Waals surface area contributed by atoms with Gasteiger partial charge in [-0.1, -0.05) is 23.2 Å². The van der Waals surface area contributed by atoms with Gasteiger partial charge in [0.15, 0.2) is 0 Å². The molecule has 1 heterocycles.